The van der Waals surface area contributed by atoms with Crippen LogP contribution in [0.5, 0.6) is 5.75 Å². The maximum absolute atomic E-state index is 5.67. The second-order valence-corrected chi connectivity index (χ2v) is 3.52. The second-order valence-electron chi connectivity index (χ2n) is 2.95. The van der Waals surface area contributed by atoms with Crippen LogP contribution in [-0.2, 0) is 4.84 Å². The molecule has 0 N–H and O–H groups in total. The molecule has 1 fully saturated rings. The molecule has 15 heavy (non-hydrogen) atoms. The smallest absolute Gasteiger partial charge is 0.139 e. The van der Waals surface area contributed by atoms with Crippen molar-refractivity contribution in [3.8, 4) is 5.75 Å². The van der Waals surface area contributed by atoms with E-state index >= 15 is 0 Å². The normalized spacial score (nSPS) is 20.6. The summed E-state index contributed by atoms with van der Waals surface area (Å²) in [6.45, 7) is 5.41. The van der Waals surface area contributed by atoms with Crippen LogP contribution in [0.25, 0.3) is 0 Å². The van der Waals surface area contributed by atoms with Gasteiger partial charge >= 0.3 is 0 Å². The summed E-state index contributed by atoms with van der Waals surface area (Å²) in [7, 11) is 2.49. The summed E-state index contributed by atoms with van der Waals surface area (Å²) in [5.41, 5.74) is 0. The first-order chi connectivity index (χ1) is 7.34. The van der Waals surface area contributed by atoms with Crippen LogP contribution in [0.15, 0.2) is 30.3 Å². The molecule has 0 radical (unpaired) electrons. The fourth-order valence-corrected chi connectivity index (χ4v) is 1.57. The highest BCUT2D eigenvalue weighted by atomic mass is 31.0. The summed E-state index contributed by atoms with van der Waals surface area (Å²) in [6.07, 6.45) is 0.139. The number of rotatable bonds is 2. The number of hydrogen-bond donors (Lipinski definition) is 0. The Hall–Kier alpha value is -0.630. The minimum Gasteiger partial charge on any atom is -0.486 e. The Balaban J connectivity index is 0.000000531. The molecule has 2 atom stereocenters. The van der Waals surface area contributed by atoms with Crippen molar-refractivity contribution >= 4 is 9.39 Å². The van der Waals surface area contributed by atoms with E-state index < -0.39 is 0 Å². The zero-order valence-corrected chi connectivity index (χ0v) is 10.4. The van der Waals surface area contributed by atoms with E-state index in [4.69, 9.17) is 9.57 Å². The minimum atomic E-state index is 0.139. The lowest BCUT2D eigenvalue weighted by Crippen LogP contribution is -2.20. The summed E-state index contributed by atoms with van der Waals surface area (Å²) < 4.78 is 5.67. The highest BCUT2D eigenvalue weighted by Crippen LogP contribution is 2.17. The predicted molar refractivity (Wildman–Crippen MR) is 64.6 cm³/mol. The van der Waals surface area contributed by atoms with Crippen LogP contribution in [-0.4, -0.2) is 24.1 Å². The van der Waals surface area contributed by atoms with Crippen molar-refractivity contribution in [2.75, 3.05) is 13.2 Å². The van der Waals surface area contributed by atoms with Gasteiger partial charge in [0.15, 0.2) is 0 Å². The molecule has 0 aromatic heterocycles. The molecule has 0 amide bonds. The lowest BCUT2D eigenvalue weighted by molar-refractivity contribution is -0.0221. The van der Waals surface area contributed by atoms with Crippen molar-refractivity contribution in [2.45, 2.75) is 20.0 Å². The Labute approximate surface area is 93.6 Å². The third-order valence-electron chi connectivity index (χ3n) is 1.86. The molecule has 1 heterocycles. The topological polar surface area (TPSA) is 21.7 Å². The first-order valence-electron chi connectivity index (χ1n) is 5.21. The molecule has 3 nitrogen and oxygen atoms in total. The van der Waals surface area contributed by atoms with E-state index in [2.05, 4.69) is 9.39 Å². The maximum Gasteiger partial charge on any atom is 0.139 e. The van der Waals surface area contributed by atoms with Crippen LogP contribution in [0, 0.1) is 0 Å². The summed E-state index contributed by atoms with van der Waals surface area (Å²) in [6, 6.07) is 9.80. The molecule has 84 valence electrons. The van der Waals surface area contributed by atoms with Gasteiger partial charge in [0.1, 0.15) is 18.5 Å². The zero-order valence-electron chi connectivity index (χ0n) is 9.22. The number of ether oxygens (including phenoxy) is 1. The third-order valence-corrected chi connectivity index (χ3v) is 2.22. The molecule has 1 saturated heterocycles. The number of hydroxylamine groups is 1. The van der Waals surface area contributed by atoms with Crippen LogP contribution in [0.3, 0.4) is 0 Å². The fourth-order valence-electron chi connectivity index (χ4n) is 1.25. The van der Waals surface area contributed by atoms with Crippen molar-refractivity contribution in [1.29, 1.82) is 0 Å². The van der Waals surface area contributed by atoms with Crippen LogP contribution < -0.4 is 4.74 Å². The van der Waals surface area contributed by atoms with Crippen molar-refractivity contribution in [3.05, 3.63) is 30.3 Å². The molecule has 0 spiro atoms. The van der Waals surface area contributed by atoms with E-state index in [0.717, 1.165) is 12.3 Å². The van der Waals surface area contributed by atoms with Crippen molar-refractivity contribution in [2.24, 2.45) is 0 Å². The van der Waals surface area contributed by atoms with Crippen LogP contribution in [0.1, 0.15) is 13.8 Å². The number of nitrogens with zero attached hydrogens (tertiary/aromatic N) is 1. The van der Waals surface area contributed by atoms with Crippen LogP contribution >= 0.6 is 9.39 Å². The summed E-state index contributed by atoms with van der Waals surface area (Å²) in [4.78, 5) is 6.92. The quantitative estimate of drug-likeness (QED) is 0.724. The average Bonchev–Trinajstić information content (AvgIpc) is 2.68. The van der Waals surface area contributed by atoms with Crippen molar-refractivity contribution in [3.63, 3.8) is 0 Å². The molecule has 0 saturated carbocycles. The van der Waals surface area contributed by atoms with Crippen molar-refractivity contribution < 1.29 is 9.57 Å². The molecule has 1 aliphatic heterocycles. The highest BCUT2D eigenvalue weighted by molar-refractivity contribution is 7.13. The van der Waals surface area contributed by atoms with E-state index in [0.29, 0.717) is 6.61 Å². The Bertz CT molecular complexity index is 269. The minimum absolute atomic E-state index is 0.139. The highest BCUT2D eigenvalue weighted by Gasteiger charge is 2.21. The monoisotopic (exact) mass is 227 g/mol. The lowest BCUT2D eigenvalue weighted by Gasteiger charge is -2.10. The van der Waals surface area contributed by atoms with Crippen molar-refractivity contribution in [1.82, 2.24) is 4.83 Å². The number of hydrogen-bond acceptors (Lipinski definition) is 3. The van der Waals surface area contributed by atoms with E-state index in [1.54, 1.807) is 4.83 Å². The van der Waals surface area contributed by atoms with E-state index in [9.17, 15) is 0 Å². The molecule has 0 bridgehead atoms. The molecular formula is C11H18NO2P. The number of para-hydroxylation sites is 1. The van der Waals surface area contributed by atoms with Crippen LogP contribution in [0.4, 0.5) is 0 Å². The van der Waals surface area contributed by atoms with Gasteiger partial charge in [-0.2, -0.15) is 4.83 Å². The standard InChI is InChI=1S/C9H12NO2P.C2H6/c13-10-6-9(7-11-10)12-8-4-2-1-3-5-8;1-2/h1-5,9H,6-7,13H2;1-2H3. The Morgan fingerprint density at radius 2 is 2.00 bits per heavy atom. The molecule has 1 aliphatic rings. The first kappa shape index (κ1) is 12.4. The molecule has 2 rings (SSSR count). The molecule has 1 aromatic rings. The van der Waals surface area contributed by atoms with Gasteiger partial charge in [0, 0.05) is 0 Å². The third kappa shape index (κ3) is 4.17. The first-order valence-corrected chi connectivity index (χ1v) is 5.73. The van der Waals surface area contributed by atoms with Gasteiger partial charge in [-0.3, -0.25) is 4.84 Å². The Kier molecular flexibility index (Phi) is 5.62. The molecular weight excluding hydrogens is 209 g/mol. The summed E-state index contributed by atoms with van der Waals surface area (Å²) in [5, 5.41) is 0. The summed E-state index contributed by atoms with van der Waals surface area (Å²) in [5.74, 6) is 0.899. The Morgan fingerprint density at radius 1 is 1.33 bits per heavy atom. The van der Waals surface area contributed by atoms with E-state index in [1.165, 1.54) is 0 Å². The average molecular weight is 227 g/mol. The fraction of sp³-hybridized carbons (Fsp3) is 0.455. The maximum atomic E-state index is 5.67. The largest absolute Gasteiger partial charge is 0.486 e. The SMILES string of the molecule is CC.PN1CC(Oc2ccccc2)CO1. The second kappa shape index (κ2) is 6.78. The zero-order chi connectivity index (χ0) is 11.1. The van der Waals surface area contributed by atoms with Gasteiger partial charge in [-0.15, -0.1) is 0 Å². The van der Waals surface area contributed by atoms with Gasteiger partial charge in [0.25, 0.3) is 0 Å². The Morgan fingerprint density at radius 3 is 2.53 bits per heavy atom. The molecule has 2 unspecified atom stereocenters. The molecule has 1 aromatic carbocycles. The predicted octanol–water partition coefficient (Wildman–Crippen LogP) is 2.50. The number of benzene rings is 1. The van der Waals surface area contributed by atoms with Gasteiger partial charge in [0.2, 0.25) is 0 Å². The van der Waals surface area contributed by atoms with Gasteiger partial charge in [-0.1, -0.05) is 32.0 Å². The lowest BCUT2D eigenvalue weighted by atomic mass is 10.3. The van der Waals surface area contributed by atoms with Gasteiger partial charge < -0.3 is 4.74 Å². The molecule has 0 aliphatic carbocycles. The van der Waals surface area contributed by atoms with Gasteiger partial charge in [-0.05, 0) is 21.5 Å². The van der Waals surface area contributed by atoms with Gasteiger partial charge in [0.05, 0.1) is 6.54 Å². The van der Waals surface area contributed by atoms with E-state index in [1.807, 2.05) is 44.2 Å². The summed E-state index contributed by atoms with van der Waals surface area (Å²) >= 11 is 0. The molecule has 4 heteroatoms. The van der Waals surface area contributed by atoms with Gasteiger partial charge in [-0.25, -0.2) is 0 Å². The van der Waals surface area contributed by atoms with Crippen LogP contribution in [0.2, 0.25) is 0 Å². The van der Waals surface area contributed by atoms with E-state index in [-0.39, 0.29) is 6.10 Å².